The van der Waals surface area contributed by atoms with Crippen molar-refractivity contribution in [2.45, 2.75) is 51.5 Å². The van der Waals surface area contributed by atoms with Crippen LogP contribution >= 0.6 is 0 Å². The van der Waals surface area contributed by atoms with E-state index in [0.717, 1.165) is 19.3 Å². The summed E-state index contributed by atoms with van der Waals surface area (Å²) < 4.78 is 0. The molecule has 4 aliphatic rings. The van der Waals surface area contributed by atoms with Gasteiger partial charge in [0, 0.05) is 16.5 Å². The first-order valence-corrected chi connectivity index (χ1v) is 9.48. The number of phenolic OH excluding ortho intramolecular Hbond substituents is 1. The van der Waals surface area contributed by atoms with Gasteiger partial charge in [-0.3, -0.25) is 14.8 Å². The van der Waals surface area contributed by atoms with Gasteiger partial charge in [-0.25, -0.2) is 5.48 Å². The molecule has 4 saturated carbocycles. The molecule has 0 spiro atoms. The number of phenols is 1. The second-order valence-electron chi connectivity index (χ2n) is 8.61. The van der Waals surface area contributed by atoms with Gasteiger partial charge < -0.3 is 10.4 Å². The van der Waals surface area contributed by atoms with Gasteiger partial charge in [0.1, 0.15) is 5.75 Å². The van der Waals surface area contributed by atoms with E-state index in [1.807, 2.05) is 6.92 Å². The van der Waals surface area contributed by atoms with E-state index in [1.165, 1.54) is 31.4 Å². The molecule has 0 aromatic heterocycles. The summed E-state index contributed by atoms with van der Waals surface area (Å²) >= 11 is 0. The summed E-state index contributed by atoms with van der Waals surface area (Å²) in [5.74, 6) is 1.47. The molecule has 5 rings (SSSR count). The maximum Gasteiger partial charge on any atom is 0.274 e. The molecule has 0 heterocycles. The maximum atomic E-state index is 13.1. The van der Waals surface area contributed by atoms with Gasteiger partial charge in [-0.05, 0) is 75.3 Å². The number of nitrogens with one attached hydrogen (secondary N) is 2. The standard InChI is InChI=1S/C20H26N2O4/c1-11(16-3-2-15(7-17(16)23)18(24)22-26)21-19(25)20-8-12-4-13(9-20)6-14(5-12)10-20/h2-3,7,11-14,23,26H,4-6,8-10H2,1H3,(H,21,25)(H,22,24). The lowest BCUT2D eigenvalue weighted by Gasteiger charge is -2.55. The molecule has 4 bridgehead atoms. The summed E-state index contributed by atoms with van der Waals surface area (Å²) in [7, 11) is 0. The zero-order chi connectivity index (χ0) is 18.5. The van der Waals surface area contributed by atoms with Crippen LogP contribution in [0.25, 0.3) is 0 Å². The van der Waals surface area contributed by atoms with Crippen molar-refractivity contribution in [1.82, 2.24) is 10.8 Å². The predicted octanol–water partition coefficient (Wildman–Crippen LogP) is 2.90. The molecule has 4 fully saturated rings. The summed E-state index contributed by atoms with van der Waals surface area (Å²) in [6.07, 6.45) is 6.86. The van der Waals surface area contributed by atoms with Gasteiger partial charge in [0.25, 0.3) is 5.91 Å². The van der Waals surface area contributed by atoms with Crippen molar-refractivity contribution in [3.63, 3.8) is 0 Å². The van der Waals surface area contributed by atoms with E-state index >= 15 is 0 Å². The number of carbonyl (C=O) groups excluding carboxylic acids is 2. The van der Waals surface area contributed by atoms with Gasteiger partial charge in [-0.15, -0.1) is 0 Å². The van der Waals surface area contributed by atoms with Crippen molar-refractivity contribution < 1.29 is 19.9 Å². The Hall–Kier alpha value is -2.08. The average Bonchev–Trinajstić information content (AvgIpc) is 2.59. The molecule has 4 aliphatic carbocycles. The lowest BCUT2D eigenvalue weighted by atomic mass is 9.49. The Morgan fingerprint density at radius 3 is 2.19 bits per heavy atom. The number of hydroxylamine groups is 1. The number of rotatable bonds is 4. The summed E-state index contributed by atoms with van der Waals surface area (Å²) in [5.41, 5.74) is 2.04. The Morgan fingerprint density at radius 2 is 1.69 bits per heavy atom. The van der Waals surface area contributed by atoms with Crippen LogP contribution < -0.4 is 10.8 Å². The number of hydrogen-bond donors (Lipinski definition) is 4. The Balaban J connectivity index is 1.49. The molecule has 0 aliphatic heterocycles. The van der Waals surface area contributed by atoms with Crippen molar-refractivity contribution in [3.8, 4) is 5.75 Å². The summed E-state index contributed by atoms with van der Waals surface area (Å²) in [4.78, 5) is 24.6. The van der Waals surface area contributed by atoms with E-state index < -0.39 is 5.91 Å². The highest BCUT2D eigenvalue weighted by Gasteiger charge is 2.54. The van der Waals surface area contributed by atoms with Crippen LogP contribution in [0.1, 0.15) is 67.4 Å². The Bertz CT molecular complexity index is 710. The molecule has 4 N–H and O–H groups in total. The zero-order valence-corrected chi connectivity index (χ0v) is 15.0. The smallest absolute Gasteiger partial charge is 0.274 e. The number of hydrogen-bond acceptors (Lipinski definition) is 4. The van der Waals surface area contributed by atoms with Gasteiger partial charge in [0.05, 0.1) is 6.04 Å². The van der Waals surface area contributed by atoms with Crippen LogP contribution in [0.5, 0.6) is 5.75 Å². The third-order valence-electron chi connectivity index (χ3n) is 6.73. The minimum atomic E-state index is -0.683. The molecule has 0 saturated heterocycles. The van der Waals surface area contributed by atoms with E-state index in [9.17, 15) is 14.7 Å². The monoisotopic (exact) mass is 358 g/mol. The Kier molecular flexibility index (Phi) is 4.18. The second-order valence-corrected chi connectivity index (χ2v) is 8.61. The fourth-order valence-corrected chi connectivity index (χ4v) is 5.93. The fraction of sp³-hybridized carbons (Fsp3) is 0.600. The van der Waals surface area contributed by atoms with E-state index in [0.29, 0.717) is 23.3 Å². The lowest BCUT2D eigenvalue weighted by molar-refractivity contribution is -0.147. The topological polar surface area (TPSA) is 98.7 Å². The fourth-order valence-electron chi connectivity index (χ4n) is 5.93. The van der Waals surface area contributed by atoms with Gasteiger partial charge >= 0.3 is 0 Å². The van der Waals surface area contributed by atoms with Crippen LogP contribution in [0.2, 0.25) is 0 Å². The number of benzene rings is 1. The lowest BCUT2D eigenvalue weighted by Crippen LogP contribution is -2.53. The summed E-state index contributed by atoms with van der Waals surface area (Å²) in [6, 6.07) is 4.09. The van der Waals surface area contributed by atoms with E-state index in [4.69, 9.17) is 5.21 Å². The molecule has 1 unspecified atom stereocenters. The molecular weight excluding hydrogens is 332 g/mol. The Labute approximate surface area is 152 Å². The molecule has 6 nitrogen and oxygen atoms in total. The van der Waals surface area contributed by atoms with Crippen LogP contribution in [0.3, 0.4) is 0 Å². The van der Waals surface area contributed by atoms with E-state index in [1.54, 1.807) is 11.5 Å². The molecule has 1 aromatic rings. The summed E-state index contributed by atoms with van der Waals surface area (Å²) in [6.45, 7) is 1.85. The van der Waals surface area contributed by atoms with Crippen molar-refractivity contribution in [2.24, 2.45) is 23.2 Å². The van der Waals surface area contributed by atoms with Crippen LogP contribution in [0.4, 0.5) is 0 Å². The predicted molar refractivity (Wildman–Crippen MR) is 94.5 cm³/mol. The van der Waals surface area contributed by atoms with Crippen LogP contribution in [0.15, 0.2) is 18.2 Å². The highest BCUT2D eigenvalue weighted by Crippen LogP contribution is 2.60. The molecule has 6 heteroatoms. The quantitative estimate of drug-likeness (QED) is 0.491. The van der Waals surface area contributed by atoms with Crippen LogP contribution in [-0.2, 0) is 4.79 Å². The molecule has 1 aromatic carbocycles. The van der Waals surface area contributed by atoms with Crippen molar-refractivity contribution in [3.05, 3.63) is 29.3 Å². The normalized spacial score (nSPS) is 32.9. The van der Waals surface area contributed by atoms with Gasteiger partial charge in [0.2, 0.25) is 5.91 Å². The van der Waals surface area contributed by atoms with E-state index in [2.05, 4.69) is 5.32 Å². The number of aromatic hydroxyl groups is 1. The van der Waals surface area contributed by atoms with Crippen LogP contribution in [0, 0.1) is 23.2 Å². The molecule has 0 radical (unpaired) electrons. The maximum absolute atomic E-state index is 13.1. The second kappa shape index (κ2) is 6.27. The highest BCUT2D eigenvalue weighted by atomic mass is 16.5. The largest absolute Gasteiger partial charge is 0.508 e. The Morgan fingerprint density at radius 1 is 1.12 bits per heavy atom. The average molecular weight is 358 g/mol. The van der Waals surface area contributed by atoms with Crippen LogP contribution in [-0.4, -0.2) is 22.1 Å². The number of carbonyl (C=O) groups is 2. The van der Waals surface area contributed by atoms with Gasteiger partial charge in [-0.2, -0.15) is 0 Å². The highest BCUT2D eigenvalue weighted by molar-refractivity contribution is 5.93. The third kappa shape index (κ3) is 2.86. The summed E-state index contributed by atoms with van der Waals surface area (Å²) in [5, 5.41) is 22.0. The molecular formula is C20H26N2O4. The van der Waals surface area contributed by atoms with Crippen molar-refractivity contribution in [2.75, 3.05) is 0 Å². The molecule has 1 atom stereocenters. The SMILES string of the molecule is CC(NC(=O)C12CC3CC(CC(C3)C1)C2)c1ccc(C(=O)NO)cc1O. The first-order valence-electron chi connectivity index (χ1n) is 9.48. The molecule has 2 amide bonds. The minimum absolute atomic E-state index is 0.0654. The molecule has 26 heavy (non-hydrogen) atoms. The van der Waals surface area contributed by atoms with Gasteiger partial charge in [0.15, 0.2) is 0 Å². The minimum Gasteiger partial charge on any atom is -0.508 e. The first-order chi connectivity index (χ1) is 12.4. The molecule has 140 valence electrons. The first kappa shape index (κ1) is 17.3. The van der Waals surface area contributed by atoms with Gasteiger partial charge in [-0.1, -0.05) is 6.07 Å². The van der Waals surface area contributed by atoms with E-state index in [-0.39, 0.29) is 28.7 Å². The van der Waals surface area contributed by atoms with Crippen molar-refractivity contribution in [1.29, 1.82) is 0 Å². The third-order valence-corrected chi connectivity index (χ3v) is 6.73. The number of amides is 2. The van der Waals surface area contributed by atoms with Crippen molar-refractivity contribution >= 4 is 11.8 Å². The zero-order valence-electron chi connectivity index (χ0n) is 15.0.